The van der Waals surface area contributed by atoms with E-state index in [1.165, 1.54) is 5.56 Å². The van der Waals surface area contributed by atoms with Crippen molar-refractivity contribution in [3.63, 3.8) is 0 Å². The molecule has 1 atom stereocenters. The minimum absolute atomic E-state index is 0. The zero-order chi connectivity index (χ0) is 19.9. The summed E-state index contributed by atoms with van der Waals surface area (Å²) in [4.78, 5) is 12.3. The molecule has 0 unspecified atom stereocenters. The van der Waals surface area contributed by atoms with Crippen LogP contribution in [-0.2, 0) is 17.9 Å². The van der Waals surface area contributed by atoms with Gasteiger partial charge < -0.3 is 11.1 Å². The lowest BCUT2D eigenvalue weighted by atomic mass is 10.0. The van der Waals surface area contributed by atoms with Crippen molar-refractivity contribution in [3.05, 3.63) is 78.0 Å². The lowest BCUT2D eigenvalue weighted by molar-refractivity contribution is -0.122. The maximum atomic E-state index is 12.3. The zero-order valence-electron chi connectivity index (χ0n) is 16.9. The molecule has 3 aromatic rings. The van der Waals surface area contributed by atoms with Crippen LogP contribution in [0.1, 0.15) is 31.4 Å². The standard InChI is InChI=1S/C23H28N4O.ClH/c1-17(2)13-21(24)23(28)25-14-20-16-27(15-18-9-5-3-6-10-18)26-22(20)19-11-7-4-8-12-19;/h3-12,16-17,21H,13-15,24H2,1-2H3,(H,25,28);1H/t21-;/m0./s1. The van der Waals surface area contributed by atoms with Gasteiger partial charge in [0.25, 0.3) is 0 Å². The molecule has 0 aliphatic rings. The molecule has 0 saturated carbocycles. The molecule has 2 aromatic carbocycles. The SMILES string of the molecule is CC(C)C[C@H](N)C(=O)NCc1cn(Cc2ccccc2)nc1-c1ccccc1.Cl. The molecule has 0 bridgehead atoms. The third-order valence-corrected chi connectivity index (χ3v) is 4.59. The first-order valence-corrected chi connectivity index (χ1v) is 9.72. The van der Waals surface area contributed by atoms with Crippen LogP contribution in [0.15, 0.2) is 66.9 Å². The fourth-order valence-corrected chi connectivity index (χ4v) is 3.21. The van der Waals surface area contributed by atoms with Gasteiger partial charge in [-0.3, -0.25) is 9.48 Å². The van der Waals surface area contributed by atoms with E-state index in [-0.39, 0.29) is 18.3 Å². The molecule has 1 amide bonds. The Kier molecular flexibility index (Phi) is 8.43. The Morgan fingerprint density at radius 3 is 2.31 bits per heavy atom. The second-order valence-electron chi connectivity index (χ2n) is 7.51. The normalized spacial score (nSPS) is 11.7. The molecule has 0 aliphatic carbocycles. The molecule has 0 aliphatic heterocycles. The van der Waals surface area contributed by atoms with Gasteiger partial charge in [0.05, 0.1) is 18.3 Å². The largest absolute Gasteiger partial charge is 0.351 e. The van der Waals surface area contributed by atoms with Crippen LogP contribution in [-0.4, -0.2) is 21.7 Å². The molecule has 1 aromatic heterocycles. The Bertz CT molecular complexity index is 894. The number of benzene rings is 2. The monoisotopic (exact) mass is 412 g/mol. The summed E-state index contributed by atoms with van der Waals surface area (Å²) in [6, 6.07) is 19.8. The summed E-state index contributed by atoms with van der Waals surface area (Å²) < 4.78 is 1.92. The average Bonchev–Trinajstić information content (AvgIpc) is 3.09. The molecular formula is C23H29ClN4O. The van der Waals surface area contributed by atoms with Gasteiger partial charge >= 0.3 is 0 Å². The molecule has 6 heteroatoms. The van der Waals surface area contributed by atoms with Crippen molar-refractivity contribution in [2.75, 3.05) is 0 Å². The van der Waals surface area contributed by atoms with Crippen molar-refractivity contribution in [2.24, 2.45) is 11.7 Å². The molecule has 3 rings (SSSR count). The number of nitrogens with zero attached hydrogens (tertiary/aromatic N) is 2. The first-order chi connectivity index (χ1) is 13.5. The van der Waals surface area contributed by atoms with E-state index < -0.39 is 6.04 Å². The number of nitrogens with two attached hydrogens (primary N) is 1. The number of amides is 1. The van der Waals surface area contributed by atoms with E-state index in [1.54, 1.807) is 0 Å². The topological polar surface area (TPSA) is 72.9 Å². The summed E-state index contributed by atoms with van der Waals surface area (Å²) in [6.45, 7) is 5.22. The van der Waals surface area contributed by atoms with E-state index in [0.717, 1.165) is 16.8 Å². The quantitative estimate of drug-likeness (QED) is 0.587. The number of aromatic nitrogens is 2. The van der Waals surface area contributed by atoms with Crippen LogP contribution < -0.4 is 11.1 Å². The average molecular weight is 413 g/mol. The van der Waals surface area contributed by atoms with Crippen LogP contribution in [0.3, 0.4) is 0 Å². The van der Waals surface area contributed by atoms with E-state index in [4.69, 9.17) is 10.8 Å². The van der Waals surface area contributed by atoms with Crippen LogP contribution in [0.4, 0.5) is 0 Å². The lowest BCUT2D eigenvalue weighted by Crippen LogP contribution is -2.41. The van der Waals surface area contributed by atoms with Crippen molar-refractivity contribution >= 4 is 18.3 Å². The molecule has 3 N–H and O–H groups in total. The summed E-state index contributed by atoms with van der Waals surface area (Å²) in [6.07, 6.45) is 2.67. The predicted molar refractivity (Wildman–Crippen MR) is 120 cm³/mol. The predicted octanol–water partition coefficient (Wildman–Crippen LogP) is 4.01. The highest BCUT2D eigenvalue weighted by molar-refractivity contribution is 5.85. The number of rotatable bonds is 8. The summed E-state index contributed by atoms with van der Waals surface area (Å²) >= 11 is 0. The smallest absolute Gasteiger partial charge is 0.237 e. The van der Waals surface area contributed by atoms with Gasteiger partial charge in [0.1, 0.15) is 0 Å². The number of halogens is 1. The Labute approximate surface area is 178 Å². The first kappa shape index (κ1) is 22.7. The third kappa shape index (κ3) is 6.44. The second kappa shape index (κ2) is 10.8. The molecular weight excluding hydrogens is 384 g/mol. The number of carbonyl (C=O) groups is 1. The lowest BCUT2D eigenvalue weighted by Gasteiger charge is -2.14. The van der Waals surface area contributed by atoms with E-state index in [2.05, 4.69) is 31.3 Å². The zero-order valence-corrected chi connectivity index (χ0v) is 17.7. The molecule has 5 nitrogen and oxygen atoms in total. The molecule has 0 radical (unpaired) electrons. The fraction of sp³-hybridized carbons (Fsp3) is 0.304. The molecule has 1 heterocycles. The van der Waals surface area contributed by atoms with Gasteiger partial charge in [-0.1, -0.05) is 74.5 Å². The Hall–Kier alpha value is -2.63. The number of nitrogens with one attached hydrogen (secondary N) is 1. The summed E-state index contributed by atoms with van der Waals surface area (Å²) in [5, 5.41) is 7.76. The highest BCUT2D eigenvalue weighted by atomic mass is 35.5. The Balaban J connectivity index is 0.00000300. The first-order valence-electron chi connectivity index (χ1n) is 9.72. The maximum Gasteiger partial charge on any atom is 0.237 e. The van der Waals surface area contributed by atoms with E-state index in [0.29, 0.717) is 25.4 Å². The number of hydrogen-bond donors (Lipinski definition) is 2. The van der Waals surface area contributed by atoms with Gasteiger partial charge in [-0.05, 0) is 17.9 Å². The van der Waals surface area contributed by atoms with Crippen LogP contribution in [0.25, 0.3) is 11.3 Å². The van der Waals surface area contributed by atoms with Gasteiger partial charge in [-0.25, -0.2) is 0 Å². The van der Waals surface area contributed by atoms with Gasteiger partial charge in [-0.2, -0.15) is 5.10 Å². The minimum Gasteiger partial charge on any atom is -0.351 e. The highest BCUT2D eigenvalue weighted by Crippen LogP contribution is 2.22. The van der Waals surface area contributed by atoms with Gasteiger partial charge in [0, 0.05) is 23.9 Å². The maximum absolute atomic E-state index is 12.3. The summed E-state index contributed by atoms with van der Waals surface area (Å²) in [5.41, 5.74) is 10.1. The van der Waals surface area contributed by atoms with Crippen LogP contribution >= 0.6 is 12.4 Å². The van der Waals surface area contributed by atoms with E-state index in [9.17, 15) is 4.79 Å². The van der Waals surface area contributed by atoms with Crippen molar-refractivity contribution < 1.29 is 4.79 Å². The fourth-order valence-electron chi connectivity index (χ4n) is 3.21. The summed E-state index contributed by atoms with van der Waals surface area (Å²) in [5.74, 6) is 0.262. The van der Waals surface area contributed by atoms with Gasteiger partial charge in [0.2, 0.25) is 5.91 Å². The number of hydrogen-bond acceptors (Lipinski definition) is 3. The van der Waals surface area contributed by atoms with Gasteiger partial charge in [0.15, 0.2) is 0 Å². The minimum atomic E-state index is -0.487. The Morgan fingerprint density at radius 1 is 1.07 bits per heavy atom. The number of carbonyl (C=O) groups excluding carboxylic acids is 1. The van der Waals surface area contributed by atoms with Crippen molar-refractivity contribution in [3.8, 4) is 11.3 Å². The van der Waals surface area contributed by atoms with Crippen LogP contribution in [0.5, 0.6) is 0 Å². The molecule has 0 fully saturated rings. The van der Waals surface area contributed by atoms with Crippen molar-refractivity contribution in [1.29, 1.82) is 0 Å². The Morgan fingerprint density at radius 2 is 1.69 bits per heavy atom. The van der Waals surface area contributed by atoms with Crippen molar-refractivity contribution in [1.82, 2.24) is 15.1 Å². The molecule has 0 saturated heterocycles. The van der Waals surface area contributed by atoms with E-state index in [1.807, 2.05) is 59.4 Å². The third-order valence-electron chi connectivity index (χ3n) is 4.59. The highest BCUT2D eigenvalue weighted by Gasteiger charge is 2.17. The molecule has 154 valence electrons. The van der Waals surface area contributed by atoms with E-state index >= 15 is 0 Å². The molecule has 0 spiro atoms. The second-order valence-corrected chi connectivity index (χ2v) is 7.51. The van der Waals surface area contributed by atoms with Gasteiger partial charge in [-0.15, -0.1) is 12.4 Å². The molecule has 29 heavy (non-hydrogen) atoms. The van der Waals surface area contributed by atoms with Crippen LogP contribution in [0, 0.1) is 5.92 Å². The van der Waals surface area contributed by atoms with Crippen molar-refractivity contribution in [2.45, 2.75) is 39.4 Å². The van der Waals surface area contributed by atoms with Crippen LogP contribution in [0.2, 0.25) is 0 Å². The summed E-state index contributed by atoms with van der Waals surface area (Å²) in [7, 11) is 0.